The highest BCUT2D eigenvalue weighted by atomic mass is 16.3. The number of rotatable bonds is 10. The van der Waals surface area contributed by atoms with Crippen molar-refractivity contribution in [2.75, 3.05) is 26.3 Å². The van der Waals surface area contributed by atoms with Crippen LogP contribution in [0, 0.1) is 5.92 Å². The molecule has 0 amide bonds. The molecule has 2 atom stereocenters. The predicted octanol–water partition coefficient (Wildman–Crippen LogP) is 2.27. The van der Waals surface area contributed by atoms with Crippen LogP contribution in [0.4, 0.5) is 0 Å². The van der Waals surface area contributed by atoms with Crippen molar-refractivity contribution >= 4 is 0 Å². The molecule has 2 rings (SSSR count). The highest BCUT2D eigenvalue weighted by Crippen LogP contribution is 2.13. The third-order valence-electron chi connectivity index (χ3n) is 4.19. The number of aliphatic hydroxyl groups is 2. The van der Waals surface area contributed by atoms with E-state index < -0.39 is 0 Å². The summed E-state index contributed by atoms with van der Waals surface area (Å²) in [6.07, 6.45) is 0. The Morgan fingerprint density at radius 1 is 0.708 bits per heavy atom. The van der Waals surface area contributed by atoms with Gasteiger partial charge in [-0.1, -0.05) is 67.6 Å². The van der Waals surface area contributed by atoms with E-state index in [1.807, 2.05) is 60.7 Å². The molecule has 0 bridgehead atoms. The minimum absolute atomic E-state index is 0.0450. The average Bonchev–Trinajstić information content (AvgIpc) is 2.64. The van der Waals surface area contributed by atoms with E-state index in [9.17, 15) is 10.2 Å². The van der Waals surface area contributed by atoms with Gasteiger partial charge in [-0.15, -0.1) is 0 Å². The van der Waals surface area contributed by atoms with Gasteiger partial charge in [-0.25, -0.2) is 0 Å². The van der Waals surface area contributed by atoms with Crippen LogP contribution in [0.5, 0.6) is 0 Å². The maximum absolute atomic E-state index is 9.59. The summed E-state index contributed by atoms with van der Waals surface area (Å²) in [4.78, 5) is 0. The van der Waals surface area contributed by atoms with Crippen molar-refractivity contribution in [2.24, 2.45) is 5.92 Å². The fraction of sp³-hybridized carbons (Fsp3) is 0.400. The van der Waals surface area contributed by atoms with Gasteiger partial charge >= 0.3 is 0 Å². The third-order valence-corrected chi connectivity index (χ3v) is 4.19. The van der Waals surface area contributed by atoms with Crippen LogP contribution in [0.15, 0.2) is 60.7 Å². The summed E-state index contributed by atoms with van der Waals surface area (Å²) in [5, 5.41) is 26.0. The van der Waals surface area contributed by atoms with Gasteiger partial charge in [-0.05, 0) is 30.1 Å². The lowest BCUT2D eigenvalue weighted by molar-refractivity contribution is 0.229. The van der Waals surface area contributed by atoms with E-state index in [0.717, 1.165) is 24.2 Å². The molecule has 0 radical (unpaired) electrons. The molecule has 0 saturated carbocycles. The highest BCUT2D eigenvalue weighted by molar-refractivity contribution is 5.19. The topological polar surface area (TPSA) is 64.5 Å². The molecule has 2 aromatic rings. The smallest absolute Gasteiger partial charge is 0.0626 e. The molecule has 0 fully saturated rings. The Kier molecular flexibility index (Phi) is 7.92. The van der Waals surface area contributed by atoms with Crippen molar-refractivity contribution in [3.8, 4) is 0 Å². The van der Waals surface area contributed by atoms with E-state index in [4.69, 9.17) is 0 Å². The molecule has 0 aliphatic heterocycles. The van der Waals surface area contributed by atoms with Crippen molar-refractivity contribution in [1.29, 1.82) is 0 Å². The van der Waals surface area contributed by atoms with Gasteiger partial charge in [0.2, 0.25) is 0 Å². The number of nitrogens with one attached hydrogen (secondary N) is 2. The number of hydrogen-bond donors (Lipinski definition) is 4. The average molecular weight is 328 g/mol. The first-order chi connectivity index (χ1) is 11.7. The zero-order valence-electron chi connectivity index (χ0n) is 14.2. The number of benzene rings is 2. The lowest BCUT2D eigenvalue weighted by atomic mass is 10.0. The second-order valence-corrected chi connectivity index (χ2v) is 6.21. The molecule has 4 N–H and O–H groups in total. The largest absolute Gasteiger partial charge is 0.394 e. The maximum atomic E-state index is 9.59. The van der Waals surface area contributed by atoms with E-state index in [2.05, 4.69) is 17.6 Å². The van der Waals surface area contributed by atoms with Gasteiger partial charge < -0.3 is 20.8 Å². The standard InChI is InChI=1S/C20H28N2O2/c1-16(12-21-19(14-23)17-8-4-2-5-9-17)13-22-20(15-24)18-10-6-3-7-11-18/h2-11,16,19-24H,12-15H2,1H3/t19-,20-/m1/s1. The zero-order chi connectivity index (χ0) is 17.2. The van der Waals surface area contributed by atoms with Crippen LogP contribution >= 0.6 is 0 Å². The van der Waals surface area contributed by atoms with Crippen LogP contribution in [0.25, 0.3) is 0 Å². The van der Waals surface area contributed by atoms with Crippen LogP contribution in [0.1, 0.15) is 30.1 Å². The van der Waals surface area contributed by atoms with E-state index in [0.29, 0.717) is 5.92 Å². The summed E-state index contributed by atoms with van der Waals surface area (Å²) < 4.78 is 0. The number of hydrogen-bond acceptors (Lipinski definition) is 4. The van der Waals surface area contributed by atoms with Crippen LogP contribution in [0.2, 0.25) is 0 Å². The minimum atomic E-state index is -0.0450. The van der Waals surface area contributed by atoms with E-state index in [1.165, 1.54) is 0 Å². The van der Waals surface area contributed by atoms with Gasteiger partial charge in [0, 0.05) is 0 Å². The normalized spacial score (nSPS) is 13.8. The molecule has 0 aliphatic carbocycles. The molecular weight excluding hydrogens is 300 g/mol. The molecule has 0 spiro atoms. The molecule has 24 heavy (non-hydrogen) atoms. The first-order valence-electron chi connectivity index (χ1n) is 8.53. The summed E-state index contributed by atoms with van der Waals surface area (Å²) in [7, 11) is 0. The molecule has 4 heteroatoms. The molecule has 0 saturated heterocycles. The zero-order valence-corrected chi connectivity index (χ0v) is 14.2. The summed E-state index contributed by atoms with van der Waals surface area (Å²) in [5.41, 5.74) is 2.19. The molecule has 130 valence electrons. The SMILES string of the molecule is CC(CN[C@H](CO)c1ccccc1)CN[C@H](CO)c1ccccc1. The lowest BCUT2D eigenvalue weighted by Gasteiger charge is -2.22. The fourth-order valence-corrected chi connectivity index (χ4v) is 2.71. The Bertz CT molecular complexity index is 511. The number of aliphatic hydroxyl groups excluding tert-OH is 2. The van der Waals surface area contributed by atoms with Crippen molar-refractivity contribution in [3.05, 3.63) is 71.8 Å². The molecule has 0 heterocycles. The molecule has 0 aliphatic rings. The van der Waals surface area contributed by atoms with Crippen LogP contribution in [-0.2, 0) is 0 Å². The molecular formula is C20H28N2O2. The van der Waals surface area contributed by atoms with Gasteiger partial charge in [-0.3, -0.25) is 0 Å². The van der Waals surface area contributed by atoms with E-state index in [1.54, 1.807) is 0 Å². The summed E-state index contributed by atoms with van der Waals surface area (Å²) in [6, 6.07) is 19.9. The summed E-state index contributed by atoms with van der Waals surface area (Å²) in [6.45, 7) is 3.89. The van der Waals surface area contributed by atoms with Crippen molar-refractivity contribution < 1.29 is 10.2 Å². The second kappa shape index (κ2) is 10.2. The summed E-state index contributed by atoms with van der Waals surface area (Å²) in [5.74, 6) is 0.375. The summed E-state index contributed by atoms with van der Waals surface area (Å²) >= 11 is 0. The first kappa shape index (κ1) is 18.6. The Morgan fingerprint density at radius 3 is 1.42 bits per heavy atom. The van der Waals surface area contributed by atoms with Crippen molar-refractivity contribution in [3.63, 3.8) is 0 Å². The predicted molar refractivity (Wildman–Crippen MR) is 97.7 cm³/mol. The highest BCUT2D eigenvalue weighted by Gasteiger charge is 2.13. The Morgan fingerprint density at radius 2 is 1.08 bits per heavy atom. The molecule has 4 nitrogen and oxygen atoms in total. The molecule has 0 aromatic heterocycles. The minimum Gasteiger partial charge on any atom is -0.394 e. The molecule has 0 unspecified atom stereocenters. The molecule has 2 aromatic carbocycles. The third kappa shape index (κ3) is 5.73. The van der Waals surface area contributed by atoms with Gasteiger partial charge in [0.15, 0.2) is 0 Å². The maximum Gasteiger partial charge on any atom is 0.0626 e. The van der Waals surface area contributed by atoms with Crippen LogP contribution < -0.4 is 10.6 Å². The van der Waals surface area contributed by atoms with Gasteiger partial charge in [0.25, 0.3) is 0 Å². The van der Waals surface area contributed by atoms with Gasteiger partial charge in [0.05, 0.1) is 25.3 Å². The van der Waals surface area contributed by atoms with Crippen molar-refractivity contribution in [2.45, 2.75) is 19.0 Å². The Labute approximate surface area is 144 Å². The van der Waals surface area contributed by atoms with Gasteiger partial charge in [0.1, 0.15) is 0 Å². The Hall–Kier alpha value is -1.72. The van der Waals surface area contributed by atoms with Crippen molar-refractivity contribution in [1.82, 2.24) is 10.6 Å². The fourth-order valence-electron chi connectivity index (χ4n) is 2.71. The Balaban J connectivity index is 1.79. The second-order valence-electron chi connectivity index (χ2n) is 6.21. The quantitative estimate of drug-likeness (QED) is 0.540. The van der Waals surface area contributed by atoms with E-state index in [-0.39, 0.29) is 25.3 Å². The van der Waals surface area contributed by atoms with Gasteiger partial charge in [-0.2, -0.15) is 0 Å². The van der Waals surface area contributed by atoms with E-state index >= 15 is 0 Å². The lowest BCUT2D eigenvalue weighted by Crippen LogP contribution is -2.35. The van der Waals surface area contributed by atoms with Crippen LogP contribution in [0.3, 0.4) is 0 Å². The monoisotopic (exact) mass is 328 g/mol. The van der Waals surface area contributed by atoms with Crippen LogP contribution in [-0.4, -0.2) is 36.5 Å². The first-order valence-corrected chi connectivity index (χ1v) is 8.53.